The molecule has 0 atom stereocenters. The molecule has 6 rings (SSSR count). The molecular formula is C30H34N4O2. The van der Waals surface area contributed by atoms with Crippen molar-refractivity contribution in [1.29, 1.82) is 0 Å². The van der Waals surface area contributed by atoms with Crippen LogP contribution in [0.1, 0.15) is 38.7 Å². The fraction of sp³-hybridized carbons (Fsp3) is 0.300. The van der Waals surface area contributed by atoms with Crippen molar-refractivity contribution in [2.24, 2.45) is 7.05 Å². The van der Waals surface area contributed by atoms with E-state index < -0.39 is 0 Å². The topological polar surface area (TPSA) is 62.1 Å². The van der Waals surface area contributed by atoms with Crippen molar-refractivity contribution in [2.75, 3.05) is 7.11 Å². The van der Waals surface area contributed by atoms with E-state index in [9.17, 15) is 0 Å². The molecule has 0 amide bonds. The summed E-state index contributed by atoms with van der Waals surface area (Å²) in [6.45, 7) is 5.99. The molecule has 0 radical (unpaired) electrons. The number of hydrogen-bond acceptors (Lipinski definition) is 5. The third kappa shape index (κ3) is 5.48. The van der Waals surface area contributed by atoms with Crippen LogP contribution in [0.5, 0.6) is 11.8 Å². The van der Waals surface area contributed by atoms with Crippen molar-refractivity contribution in [2.45, 2.75) is 46.1 Å². The van der Waals surface area contributed by atoms with Crippen molar-refractivity contribution in [3.63, 3.8) is 0 Å². The van der Waals surface area contributed by atoms with Gasteiger partial charge in [-0.3, -0.25) is 4.98 Å². The second-order valence-electron chi connectivity index (χ2n) is 8.62. The van der Waals surface area contributed by atoms with E-state index in [0.29, 0.717) is 12.0 Å². The normalized spacial score (nSPS) is 12.7. The third-order valence-corrected chi connectivity index (χ3v) is 6.31. The van der Waals surface area contributed by atoms with Crippen LogP contribution in [0.2, 0.25) is 0 Å². The highest BCUT2D eigenvalue weighted by atomic mass is 16.5. The number of pyridine rings is 3. The van der Waals surface area contributed by atoms with E-state index in [0.717, 1.165) is 35.4 Å². The Morgan fingerprint density at radius 3 is 2.19 bits per heavy atom. The molecule has 0 bridgehead atoms. The lowest BCUT2D eigenvalue weighted by Gasteiger charge is -2.25. The van der Waals surface area contributed by atoms with Gasteiger partial charge in [-0.25, -0.2) is 9.97 Å². The zero-order valence-electron chi connectivity index (χ0n) is 21.7. The maximum absolute atomic E-state index is 5.85. The minimum absolute atomic E-state index is 0.360. The van der Waals surface area contributed by atoms with Gasteiger partial charge in [-0.1, -0.05) is 32.0 Å². The molecule has 1 aliphatic carbocycles. The van der Waals surface area contributed by atoms with Gasteiger partial charge in [-0.05, 0) is 55.5 Å². The molecule has 1 aromatic carbocycles. The number of nitrogens with zero attached hydrogens (tertiary/aromatic N) is 4. The highest BCUT2D eigenvalue weighted by Gasteiger charge is 2.19. The van der Waals surface area contributed by atoms with E-state index in [1.165, 1.54) is 28.2 Å². The molecule has 36 heavy (non-hydrogen) atoms. The molecule has 4 aromatic heterocycles. The molecule has 0 unspecified atom stereocenters. The van der Waals surface area contributed by atoms with Gasteiger partial charge in [0.15, 0.2) is 0 Å². The van der Waals surface area contributed by atoms with Crippen molar-refractivity contribution in [1.82, 2.24) is 19.5 Å². The number of hydrogen-bond donors (Lipinski definition) is 0. The largest absolute Gasteiger partial charge is 0.481 e. The van der Waals surface area contributed by atoms with E-state index in [1.54, 1.807) is 13.3 Å². The summed E-state index contributed by atoms with van der Waals surface area (Å²) in [6.07, 6.45) is 11.4. The number of methoxy groups -OCH3 is 1. The Balaban J connectivity index is 0.000000234. The molecular weight excluding hydrogens is 448 g/mol. The molecule has 1 saturated carbocycles. The minimum Gasteiger partial charge on any atom is -0.481 e. The molecule has 6 nitrogen and oxygen atoms in total. The Morgan fingerprint density at radius 2 is 1.56 bits per heavy atom. The van der Waals surface area contributed by atoms with E-state index >= 15 is 0 Å². The van der Waals surface area contributed by atoms with Gasteiger partial charge < -0.3 is 14.0 Å². The van der Waals surface area contributed by atoms with Gasteiger partial charge in [-0.2, -0.15) is 0 Å². The highest BCUT2D eigenvalue weighted by molar-refractivity contribution is 6.08. The molecule has 6 heteroatoms. The van der Waals surface area contributed by atoms with Crippen LogP contribution in [0.15, 0.2) is 73.3 Å². The first-order chi connectivity index (χ1) is 17.6. The van der Waals surface area contributed by atoms with Gasteiger partial charge in [0.05, 0.1) is 12.6 Å². The van der Waals surface area contributed by atoms with Gasteiger partial charge in [0, 0.05) is 65.8 Å². The summed E-state index contributed by atoms with van der Waals surface area (Å²) in [5.41, 5.74) is 5.82. The summed E-state index contributed by atoms with van der Waals surface area (Å²) in [6, 6.07) is 16.5. The summed E-state index contributed by atoms with van der Waals surface area (Å²) >= 11 is 0. The lowest BCUT2D eigenvalue weighted by molar-refractivity contribution is 0.114. The SMILES string of the molecule is CC.COc1ccc(C)cn1.Cn1c2ccncc2c2ccc(-c3ccc(OC4CCC4)nc3)cc21. The maximum Gasteiger partial charge on any atom is 0.213 e. The third-order valence-electron chi connectivity index (χ3n) is 6.31. The van der Waals surface area contributed by atoms with Gasteiger partial charge in [0.25, 0.3) is 0 Å². The summed E-state index contributed by atoms with van der Waals surface area (Å²) < 4.78 is 12.9. The van der Waals surface area contributed by atoms with Crippen LogP contribution >= 0.6 is 0 Å². The van der Waals surface area contributed by atoms with Crippen LogP contribution in [0.25, 0.3) is 32.9 Å². The monoisotopic (exact) mass is 482 g/mol. The van der Waals surface area contributed by atoms with E-state index in [2.05, 4.69) is 56.9 Å². The molecule has 4 heterocycles. The number of rotatable bonds is 4. The van der Waals surface area contributed by atoms with Crippen LogP contribution in [0.4, 0.5) is 0 Å². The fourth-order valence-corrected chi connectivity index (χ4v) is 4.09. The molecule has 0 spiro atoms. The zero-order valence-corrected chi connectivity index (χ0v) is 21.7. The van der Waals surface area contributed by atoms with Crippen molar-refractivity contribution >= 4 is 21.8 Å². The van der Waals surface area contributed by atoms with Crippen LogP contribution < -0.4 is 9.47 Å². The van der Waals surface area contributed by atoms with E-state index in [4.69, 9.17) is 9.47 Å². The Morgan fingerprint density at radius 1 is 0.806 bits per heavy atom. The Labute approximate surface area is 213 Å². The highest BCUT2D eigenvalue weighted by Crippen LogP contribution is 2.31. The smallest absolute Gasteiger partial charge is 0.213 e. The Hall–Kier alpha value is -3.93. The van der Waals surface area contributed by atoms with Crippen LogP contribution in [-0.2, 0) is 7.05 Å². The summed E-state index contributed by atoms with van der Waals surface area (Å²) in [5, 5.41) is 2.42. The minimum atomic E-state index is 0.360. The van der Waals surface area contributed by atoms with Gasteiger partial charge in [0.1, 0.15) is 6.10 Å². The second-order valence-corrected chi connectivity index (χ2v) is 8.62. The molecule has 1 aliphatic rings. The van der Waals surface area contributed by atoms with Crippen molar-refractivity contribution in [3.05, 3.63) is 78.9 Å². The van der Waals surface area contributed by atoms with Gasteiger partial charge in [0.2, 0.25) is 11.8 Å². The second kappa shape index (κ2) is 11.7. The number of fused-ring (bicyclic) bond motifs is 3. The predicted molar refractivity (Wildman–Crippen MR) is 147 cm³/mol. The zero-order chi connectivity index (χ0) is 25.5. The number of aryl methyl sites for hydroxylation is 2. The molecule has 0 N–H and O–H groups in total. The van der Waals surface area contributed by atoms with Crippen LogP contribution in [-0.4, -0.2) is 32.7 Å². The molecule has 186 valence electrons. The average Bonchev–Trinajstić information content (AvgIpc) is 3.20. The van der Waals surface area contributed by atoms with E-state index in [1.807, 2.05) is 57.6 Å². The van der Waals surface area contributed by atoms with Crippen LogP contribution in [0.3, 0.4) is 0 Å². The summed E-state index contributed by atoms with van der Waals surface area (Å²) in [5.74, 6) is 1.39. The standard InChI is InChI=1S/C21H19N3O.C7H9NO.C2H6/c1-24-19-9-10-22-13-18(19)17-7-5-14(11-20(17)24)15-6-8-21(23-12-15)25-16-3-2-4-16;1-6-3-4-7(9-2)8-5-6;1-2/h5-13,16H,2-4H2,1H3;3-5H,1-2H3;1-2H3. The number of aromatic nitrogens is 4. The quantitative estimate of drug-likeness (QED) is 0.272. The lowest BCUT2D eigenvalue weighted by Crippen LogP contribution is -2.24. The lowest BCUT2D eigenvalue weighted by atomic mass is 9.96. The number of benzene rings is 1. The Bertz CT molecular complexity index is 1410. The van der Waals surface area contributed by atoms with Crippen molar-refractivity contribution < 1.29 is 9.47 Å². The summed E-state index contributed by atoms with van der Waals surface area (Å²) in [7, 11) is 3.71. The molecule has 1 fully saturated rings. The van der Waals surface area contributed by atoms with Crippen LogP contribution in [0, 0.1) is 6.92 Å². The van der Waals surface area contributed by atoms with E-state index in [-0.39, 0.29) is 0 Å². The average molecular weight is 483 g/mol. The molecule has 5 aromatic rings. The van der Waals surface area contributed by atoms with Crippen molar-refractivity contribution in [3.8, 4) is 22.9 Å². The Kier molecular flexibility index (Phi) is 8.16. The predicted octanol–water partition coefficient (Wildman–Crippen LogP) is 7.14. The van der Waals surface area contributed by atoms with Gasteiger partial charge >= 0.3 is 0 Å². The summed E-state index contributed by atoms with van der Waals surface area (Å²) in [4.78, 5) is 12.7. The van der Waals surface area contributed by atoms with Gasteiger partial charge in [-0.15, -0.1) is 0 Å². The molecule has 0 aliphatic heterocycles. The first kappa shape index (κ1) is 25.2. The maximum atomic E-state index is 5.85. The first-order valence-corrected chi connectivity index (χ1v) is 12.5. The first-order valence-electron chi connectivity index (χ1n) is 12.5. The fourth-order valence-electron chi connectivity index (χ4n) is 4.09. The number of ether oxygens (including phenoxy) is 2. The molecule has 0 saturated heterocycles.